The molecule has 0 saturated carbocycles. The van der Waals surface area contributed by atoms with Crippen LogP contribution in [0.1, 0.15) is 5.56 Å². The molecule has 2 atom stereocenters. The average Bonchev–Trinajstić information content (AvgIpc) is 2.70. The van der Waals surface area contributed by atoms with Crippen LogP contribution in [0.25, 0.3) is 0 Å². The maximum atomic E-state index is 11.7. The molecular weight excluding hydrogens is 268 g/mol. The van der Waals surface area contributed by atoms with Gasteiger partial charge in [-0.3, -0.25) is 0 Å². The van der Waals surface area contributed by atoms with Crippen LogP contribution in [-0.4, -0.2) is 37.1 Å². The van der Waals surface area contributed by atoms with E-state index in [9.17, 15) is 8.42 Å². The van der Waals surface area contributed by atoms with Crippen molar-refractivity contribution in [1.29, 1.82) is 0 Å². The van der Waals surface area contributed by atoms with Crippen molar-refractivity contribution in [3.05, 3.63) is 29.8 Å². The third-order valence-corrected chi connectivity index (χ3v) is 5.59. The van der Waals surface area contributed by atoms with Crippen LogP contribution in [-0.2, 0) is 9.84 Å². The number of sulfone groups is 1. The van der Waals surface area contributed by atoms with Crippen molar-refractivity contribution in [2.75, 3.05) is 16.4 Å². The molecule has 2 fully saturated rings. The van der Waals surface area contributed by atoms with Crippen LogP contribution in [0, 0.1) is 6.92 Å². The van der Waals surface area contributed by atoms with Crippen LogP contribution in [0.2, 0.25) is 0 Å². The number of rotatable bonds is 1. The Morgan fingerprint density at radius 3 is 2.78 bits per heavy atom. The molecule has 0 amide bonds. The Labute approximate surface area is 112 Å². The van der Waals surface area contributed by atoms with Crippen molar-refractivity contribution in [1.82, 2.24) is 5.32 Å². The molecule has 6 heteroatoms. The number of para-hydroxylation sites is 1. The van der Waals surface area contributed by atoms with E-state index in [0.717, 1.165) is 11.3 Å². The molecule has 2 aliphatic rings. The fraction of sp³-hybridized carbons (Fsp3) is 0.417. The van der Waals surface area contributed by atoms with E-state index in [1.54, 1.807) is 0 Å². The van der Waals surface area contributed by atoms with Gasteiger partial charge in [0.15, 0.2) is 14.9 Å². The number of fused-ring (bicyclic) bond motifs is 1. The van der Waals surface area contributed by atoms with Gasteiger partial charge in [-0.25, -0.2) is 8.42 Å². The van der Waals surface area contributed by atoms with E-state index in [-0.39, 0.29) is 23.6 Å². The summed E-state index contributed by atoms with van der Waals surface area (Å²) in [6, 6.07) is 7.77. The summed E-state index contributed by atoms with van der Waals surface area (Å²) in [5, 5.41) is 3.76. The Balaban J connectivity index is 2.02. The topological polar surface area (TPSA) is 49.4 Å². The Hall–Kier alpha value is -1.14. The quantitative estimate of drug-likeness (QED) is 0.774. The molecule has 4 nitrogen and oxygen atoms in total. The van der Waals surface area contributed by atoms with Crippen LogP contribution in [0.15, 0.2) is 24.3 Å². The molecule has 2 heterocycles. The van der Waals surface area contributed by atoms with Gasteiger partial charge in [0.1, 0.15) is 0 Å². The van der Waals surface area contributed by atoms with Crippen molar-refractivity contribution in [3.63, 3.8) is 0 Å². The predicted octanol–water partition coefficient (Wildman–Crippen LogP) is 0.855. The number of anilines is 1. The van der Waals surface area contributed by atoms with Crippen LogP contribution >= 0.6 is 12.2 Å². The molecule has 1 aromatic carbocycles. The largest absolute Gasteiger partial charge is 0.356 e. The first-order valence-electron chi connectivity index (χ1n) is 5.84. The zero-order valence-corrected chi connectivity index (χ0v) is 11.6. The van der Waals surface area contributed by atoms with E-state index in [0.29, 0.717) is 5.11 Å². The summed E-state index contributed by atoms with van der Waals surface area (Å²) in [6.07, 6.45) is 0. The second-order valence-electron chi connectivity index (χ2n) is 4.86. The van der Waals surface area contributed by atoms with Gasteiger partial charge in [0.25, 0.3) is 0 Å². The second-order valence-corrected chi connectivity index (χ2v) is 7.40. The van der Waals surface area contributed by atoms with E-state index in [4.69, 9.17) is 12.2 Å². The van der Waals surface area contributed by atoms with Crippen LogP contribution < -0.4 is 10.2 Å². The Bertz CT molecular complexity index is 612. The smallest absolute Gasteiger partial charge is 0.174 e. The highest BCUT2D eigenvalue weighted by molar-refractivity contribution is 7.91. The number of hydrogen-bond donors (Lipinski definition) is 1. The lowest BCUT2D eigenvalue weighted by atomic mass is 10.1. The fourth-order valence-corrected chi connectivity index (χ4v) is 5.00. The summed E-state index contributed by atoms with van der Waals surface area (Å²) in [4.78, 5) is 1.96. The average molecular weight is 282 g/mol. The van der Waals surface area contributed by atoms with E-state index in [2.05, 4.69) is 5.32 Å². The van der Waals surface area contributed by atoms with Gasteiger partial charge in [-0.15, -0.1) is 0 Å². The summed E-state index contributed by atoms with van der Waals surface area (Å²) in [5.74, 6) is 0.360. The minimum atomic E-state index is -2.95. The Morgan fingerprint density at radius 1 is 1.33 bits per heavy atom. The molecule has 96 valence electrons. The molecule has 1 aromatic rings. The number of benzene rings is 1. The van der Waals surface area contributed by atoms with Gasteiger partial charge in [-0.05, 0) is 30.8 Å². The maximum absolute atomic E-state index is 11.7. The lowest BCUT2D eigenvalue weighted by Gasteiger charge is -2.24. The highest BCUT2D eigenvalue weighted by atomic mass is 32.2. The molecule has 3 rings (SSSR count). The van der Waals surface area contributed by atoms with Crippen LogP contribution in [0.5, 0.6) is 0 Å². The standard InChI is InChI=1S/C12H14N2O2S2/c1-8-4-2-3-5-10(8)14-11-7-18(15,16)6-9(11)13-12(14)17/h2-5,9,11H,6-7H2,1H3,(H,13,17)/t9-,11+/m0/s1. The molecule has 0 aliphatic carbocycles. The molecular formula is C12H14N2O2S2. The summed E-state index contributed by atoms with van der Waals surface area (Å²) >= 11 is 5.33. The molecule has 0 radical (unpaired) electrons. The number of thiocarbonyl (C=S) groups is 1. The third kappa shape index (κ3) is 1.80. The van der Waals surface area contributed by atoms with Crippen LogP contribution in [0.4, 0.5) is 5.69 Å². The fourth-order valence-electron chi connectivity index (χ4n) is 2.72. The molecule has 0 unspecified atom stereocenters. The lowest BCUT2D eigenvalue weighted by Crippen LogP contribution is -2.37. The van der Waals surface area contributed by atoms with E-state index < -0.39 is 9.84 Å². The SMILES string of the molecule is Cc1ccccc1N1C(=S)N[C@H]2CS(=O)(=O)C[C@H]21. The molecule has 0 bridgehead atoms. The highest BCUT2D eigenvalue weighted by Crippen LogP contribution is 2.31. The monoisotopic (exact) mass is 282 g/mol. The first-order valence-corrected chi connectivity index (χ1v) is 8.07. The first kappa shape index (κ1) is 11.9. The Kier molecular flexibility index (Phi) is 2.60. The van der Waals surface area contributed by atoms with Crippen LogP contribution in [0.3, 0.4) is 0 Å². The van der Waals surface area contributed by atoms with Crippen molar-refractivity contribution in [2.24, 2.45) is 0 Å². The van der Waals surface area contributed by atoms with Gasteiger partial charge in [-0.1, -0.05) is 18.2 Å². The van der Waals surface area contributed by atoms with Gasteiger partial charge in [-0.2, -0.15) is 0 Å². The van der Waals surface area contributed by atoms with Crippen molar-refractivity contribution >= 4 is 32.9 Å². The van der Waals surface area contributed by atoms with Gasteiger partial charge >= 0.3 is 0 Å². The maximum Gasteiger partial charge on any atom is 0.174 e. The number of nitrogens with zero attached hydrogens (tertiary/aromatic N) is 1. The summed E-state index contributed by atoms with van der Waals surface area (Å²) in [7, 11) is -2.95. The molecule has 0 aromatic heterocycles. The van der Waals surface area contributed by atoms with E-state index >= 15 is 0 Å². The number of hydrogen-bond acceptors (Lipinski definition) is 3. The van der Waals surface area contributed by atoms with Gasteiger partial charge in [0, 0.05) is 5.69 Å². The third-order valence-electron chi connectivity index (χ3n) is 3.56. The Morgan fingerprint density at radius 2 is 2.06 bits per heavy atom. The highest BCUT2D eigenvalue weighted by Gasteiger charge is 2.47. The number of aryl methyl sites for hydroxylation is 1. The van der Waals surface area contributed by atoms with E-state index in [1.165, 1.54) is 0 Å². The van der Waals surface area contributed by atoms with Crippen molar-refractivity contribution < 1.29 is 8.42 Å². The van der Waals surface area contributed by atoms with Crippen molar-refractivity contribution in [3.8, 4) is 0 Å². The molecule has 1 N–H and O–H groups in total. The van der Waals surface area contributed by atoms with Crippen molar-refractivity contribution in [2.45, 2.75) is 19.0 Å². The second kappa shape index (κ2) is 3.93. The normalized spacial score (nSPS) is 29.2. The lowest BCUT2D eigenvalue weighted by molar-refractivity contribution is 0.600. The minimum Gasteiger partial charge on any atom is -0.356 e. The zero-order valence-electron chi connectivity index (χ0n) is 9.96. The first-order chi connectivity index (χ1) is 8.48. The van der Waals surface area contributed by atoms with Gasteiger partial charge < -0.3 is 10.2 Å². The summed E-state index contributed by atoms with van der Waals surface area (Å²) in [5.41, 5.74) is 2.10. The van der Waals surface area contributed by atoms with Gasteiger partial charge in [0.2, 0.25) is 0 Å². The van der Waals surface area contributed by atoms with Gasteiger partial charge in [0.05, 0.1) is 23.6 Å². The molecule has 2 aliphatic heterocycles. The number of nitrogens with one attached hydrogen (secondary N) is 1. The summed E-state index contributed by atoms with van der Waals surface area (Å²) in [6.45, 7) is 2.01. The minimum absolute atomic E-state index is 0.0661. The molecule has 0 spiro atoms. The molecule has 2 saturated heterocycles. The van der Waals surface area contributed by atoms with E-state index in [1.807, 2.05) is 36.1 Å². The summed E-state index contributed by atoms with van der Waals surface area (Å²) < 4.78 is 23.4. The molecule has 18 heavy (non-hydrogen) atoms. The zero-order chi connectivity index (χ0) is 12.9. The predicted molar refractivity (Wildman–Crippen MR) is 75.6 cm³/mol.